The highest BCUT2D eigenvalue weighted by Crippen LogP contribution is 2.27. The molecule has 3 rings (SSSR count). The van der Waals surface area contributed by atoms with Crippen LogP contribution in [0.3, 0.4) is 0 Å². The van der Waals surface area contributed by atoms with Crippen LogP contribution in [-0.2, 0) is 0 Å². The van der Waals surface area contributed by atoms with Crippen molar-refractivity contribution in [1.82, 2.24) is 9.97 Å². The van der Waals surface area contributed by atoms with E-state index in [0.717, 1.165) is 10.9 Å². The molecule has 0 aliphatic heterocycles. The Morgan fingerprint density at radius 2 is 2.06 bits per heavy atom. The van der Waals surface area contributed by atoms with Crippen molar-refractivity contribution < 1.29 is 4.39 Å². The Hall–Kier alpha value is -2.49. The molecule has 0 fully saturated rings. The molecule has 0 saturated carbocycles. The van der Waals surface area contributed by atoms with Crippen LogP contribution in [0.4, 0.5) is 4.39 Å². The van der Waals surface area contributed by atoms with E-state index in [4.69, 9.17) is 0 Å². The van der Waals surface area contributed by atoms with Gasteiger partial charge in [0.05, 0.1) is 5.52 Å². The first-order valence-electron chi connectivity index (χ1n) is 5.47. The summed E-state index contributed by atoms with van der Waals surface area (Å²) in [5.74, 6) is -0.322. The van der Waals surface area contributed by atoms with Crippen LogP contribution in [0.1, 0.15) is 0 Å². The Bertz CT molecular complexity index is 760. The number of benzene rings is 1. The smallest absolute Gasteiger partial charge is 0.247 e. The lowest BCUT2D eigenvalue weighted by atomic mass is 10.0. The summed E-state index contributed by atoms with van der Waals surface area (Å²) >= 11 is 0. The summed E-state index contributed by atoms with van der Waals surface area (Å²) in [6.45, 7) is 0. The molecule has 0 saturated heterocycles. The first-order valence-corrected chi connectivity index (χ1v) is 5.47. The minimum atomic E-state index is -0.322. The van der Waals surface area contributed by atoms with Crippen LogP contribution in [0.15, 0.2) is 53.6 Å². The van der Waals surface area contributed by atoms with Crippen LogP contribution in [0.5, 0.6) is 0 Å². The quantitative estimate of drug-likeness (QED) is 0.710. The van der Waals surface area contributed by atoms with E-state index in [1.165, 1.54) is 18.2 Å². The van der Waals surface area contributed by atoms with E-state index in [-0.39, 0.29) is 11.4 Å². The first kappa shape index (κ1) is 10.7. The predicted molar refractivity (Wildman–Crippen MR) is 67.8 cm³/mol. The van der Waals surface area contributed by atoms with Crippen molar-refractivity contribution in [2.75, 3.05) is 0 Å². The molecule has 88 valence electrons. The third-order valence-electron chi connectivity index (χ3n) is 2.76. The molecule has 4 heteroatoms. The van der Waals surface area contributed by atoms with Gasteiger partial charge >= 0.3 is 0 Å². The van der Waals surface area contributed by atoms with Crippen LogP contribution in [0.2, 0.25) is 0 Å². The van der Waals surface area contributed by atoms with Gasteiger partial charge in [0.2, 0.25) is 5.56 Å². The number of aromatic amines is 1. The minimum absolute atomic E-state index is 0.188. The van der Waals surface area contributed by atoms with E-state index in [1.807, 2.05) is 0 Å². The molecule has 2 heterocycles. The molecule has 3 aromatic rings. The van der Waals surface area contributed by atoms with Crippen LogP contribution in [-0.4, -0.2) is 9.97 Å². The van der Waals surface area contributed by atoms with Gasteiger partial charge in [-0.05, 0) is 24.3 Å². The Kier molecular flexibility index (Phi) is 2.41. The molecule has 0 spiro atoms. The van der Waals surface area contributed by atoms with Crippen molar-refractivity contribution >= 4 is 10.9 Å². The molecule has 1 N–H and O–H groups in total. The number of rotatable bonds is 1. The van der Waals surface area contributed by atoms with Crippen molar-refractivity contribution in [3.63, 3.8) is 0 Å². The summed E-state index contributed by atoms with van der Waals surface area (Å²) in [5.41, 5.74) is 1.93. The number of halogens is 1. The number of nitrogens with one attached hydrogen (secondary N) is 1. The largest absolute Gasteiger partial charge is 0.328 e. The van der Waals surface area contributed by atoms with Gasteiger partial charge in [-0.15, -0.1) is 0 Å². The summed E-state index contributed by atoms with van der Waals surface area (Å²) in [6, 6.07) is 9.50. The number of hydrogen-bond donors (Lipinski definition) is 1. The molecular weight excluding hydrogens is 231 g/mol. The molecule has 1 aromatic carbocycles. The molecule has 0 aliphatic rings. The molecule has 0 unspecified atom stereocenters. The van der Waals surface area contributed by atoms with Gasteiger partial charge in [-0.25, -0.2) is 4.39 Å². The number of hydrogen-bond acceptors (Lipinski definition) is 2. The number of fused-ring (bicyclic) bond motifs is 1. The van der Waals surface area contributed by atoms with Crippen molar-refractivity contribution in [2.24, 2.45) is 0 Å². The molecule has 0 bridgehead atoms. The second-order valence-electron chi connectivity index (χ2n) is 3.97. The lowest BCUT2D eigenvalue weighted by molar-refractivity contribution is 0.630. The fourth-order valence-electron chi connectivity index (χ4n) is 1.95. The van der Waals surface area contributed by atoms with Gasteiger partial charge in [-0.1, -0.05) is 6.07 Å². The summed E-state index contributed by atoms with van der Waals surface area (Å²) in [4.78, 5) is 17.9. The fourth-order valence-corrected chi connectivity index (χ4v) is 1.95. The third-order valence-corrected chi connectivity index (χ3v) is 2.76. The van der Waals surface area contributed by atoms with Gasteiger partial charge < -0.3 is 4.98 Å². The maximum Gasteiger partial charge on any atom is 0.247 e. The topological polar surface area (TPSA) is 45.8 Å². The molecule has 0 amide bonds. The second-order valence-corrected chi connectivity index (χ2v) is 3.97. The maximum atomic E-state index is 13.6. The first-order chi connectivity index (χ1) is 8.74. The Balaban J connectivity index is 2.34. The Morgan fingerprint density at radius 3 is 2.83 bits per heavy atom. The van der Waals surface area contributed by atoms with E-state index < -0.39 is 0 Å². The minimum Gasteiger partial charge on any atom is -0.328 e. The second kappa shape index (κ2) is 4.07. The Morgan fingerprint density at radius 1 is 1.17 bits per heavy atom. The van der Waals surface area contributed by atoms with Crippen molar-refractivity contribution in [1.29, 1.82) is 0 Å². The zero-order valence-electron chi connectivity index (χ0n) is 9.35. The van der Waals surface area contributed by atoms with E-state index in [0.29, 0.717) is 11.1 Å². The van der Waals surface area contributed by atoms with Crippen molar-refractivity contribution in [3.8, 4) is 11.1 Å². The number of nitrogens with zero attached hydrogens (tertiary/aromatic N) is 1. The highest BCUT2D eigenvalue weighted by atomic mass is 19.1. The lowest BCUT2D eigenvalue weighted by Gasteiger charge is -2.06. The van der Waals surface area contributed by atoms with Crippen molar-refractivity contribution in [2.45, 2.75) is 0 Å². The predicted octanol–water partition coefficient (Wildman–Crippen LogP) is 2.73. The van der Waals surface area contributed by atoms with E-state index in [1.54, 1.807) is 30.6 Å². The monoisotopic (exact) mass is 240 g/mol. The average Bonchev–Trinajstić information content (AvgIpc) is 2.38. The van der Waals surface area contributed by atoms with Gasteiger partial charge in [-0.2, -0.15) is 0 Å². The van der Waals surface area contributed by atoms with E-state index in [2.05, 4.69) is 9.97 Å². The van der Waals surface area contributed by atoms with Gasteiger partial charge in [0.1, 0.15) is 5.82 Å². The van der Waals surface area contributed by atoms with Crippen LogP contribution < -0.4 is 5.56 Å². The van der Waals surface area contributed by atoms with E-state index >= 15 is 0 Å². The van der Waals surface area contributed by atoms with Crippen LogP contribution >= 0.6 is 0 Å². The number of H-pyrrole nitrogens is 1. The molecule has 18 heavy (non-hydrogen) atoms. The van der Waals surface area contributed by atoms with Gasteiger partial charge in [0.15, 0.2) is 0 Å². The van der Waals surface area contributed by atoms with Crippen molar-refractivity contribution in [3.05, 3.63) is 65.0 Å². The molecule has 3 nitrogen and oxygen atoms in total. The normalized spacial score (nSPS) is 10.7. The summed E-state index contributed by atoms with van der Waals surface area (Å²) < 4.78 is 13.6. The number of aromatic nitrogens is 2. The van der Waals surface area contributed by atoms with Gasteiger partial charge in [0.25, 0.3) is 0 Å². The molecule has 2 aromatic heterocycles. The van der Waals surface area contributed by atoms with E-state index in [9.17, 15) is 9.18 Å². The highest BCUT2D eigenvalue weighted by Gasteiger charge is 2.07. The van der Waals surface area contributed by atoms with Crippen LogP contribution in [0, 0.1) is 5.82 Å². The van der Waals surface area contributed by atoms with Gasteiger partial charge in [0, 0.05) is 35.0 Å². The molecule has 0 atom stereocenters. The average molecular weight is 240 g/mol. The lowest BCUT2D eigenvalue weighted by Crippen LogP contribution is -2.01. The Labute approximate surface area is 102 Å². The SMILES string of the molecule is O=c1ccc(-c2cc(F)cc3cccnc23)c[nH]1. The maximum absolute atomic E-state index is 13.6. The number of pyridine rings is 2. The van der Waals surface area contributed by atoms with Crippen LogP contribution in [0.25, 0.3) is 22.0 Å². The summed E-state index contributed by atoms with van der Waals surface area (Å²) in [6.07, 6.45) is 3.22. The summed E-state index contributed by atoms with van der Waals surface area (Å²) in [7, 11) is 0. The summed E-state index contributed by atoms with van der Waals surface area (Å²) in [5, 5.41) is 0.735. The third kappa shape index (κ3) is 1.78. The zero-order valence-corrected chi connectivity index (χ0v) is 9.35. The van der Waals surface area contributed by atoms with Gasteiger partial charge in [-0.3, -0.25) is 9.78 Å². The molecule has 0 radical (unpaired) electrons. The molecule has 0 aliphatic carbocycles. The zero-order chi connectivity index (χ0) is 12.5. The fraction of sp³-hybridized carbons (Fsp3) is 0. The highest BCUT2D eigenvalue weighted by molar-refractivity contribution is 5.93. The molecular formula is C14H9FN2O. The standard InChI is InChI=1S/C14H9FN2O/c15-11-6-9-2-1-5-16-14(9)12(7-11)10-3-4-13(18)17-8-10/h1-8H,(H,17,18).